The van der Waals surface area contributed by atoms with Crippen molar-refractivity contribution in [3.63, 3.8) is 0 Å². The van der Waals surface area contributed by atoms with Crippen LogP contribution in [0.25, 0.3) is 0 Å². The molecule has 0 radical (unpaired) electrons. The average molecular weight is 294 g/mol. The number of aromatic nitrogens is 2. The van der Waals surface area contributed by atoms with Crippen molar-refractivity contribution < 1.29 is 14.0 Å². The Morgan fingerprint density at radius 2 is 2.10 bits per heavy atom. The lowest BCUT2D eigenvalue weighted by Crippen LogP contribution is -2.49. The van der Waals surface area contributed by atoms with Crippen LogP contribution in [0.1, 0.15) is 35.7 Å². The van der Waals surface area contributed by atoms with Gasteiger partial charge in [0, 0.05) is 11.6 Å². The van der Waals surface area contributed by atoms with Crippen molar-refractivity contribution >= 4 is 23.3 Å². The summed E-state index contributed by atoms with van der Waals surface area (Å²) in [7, 11) is 0. The van der Waals surface area contributed by atoms with E-state index < -0.39 is 11.3 Å². The molecule has 0 bridgehead atoms. The van der Waals surface area contributed by atoms with Gasteiger partial charge in [-0.15, -0.1) is 0 Å². The third kappa shape index (κ3) is 2.69. The van der Waals surface area contributed by atoms with Gasteiger partial charge >= 0.3 is 0 Å². The molecular weight excluding hydrogens is 280 g/mol. The first-order valence-corrected chi connectivity index (χ1v) is 6.67. The van der Waals surface area contributed by atoms with E-state index in [0.717, 1.165) is 5.56 Å². The van der Waals surface area contributed by atoms with Crippen LogP contribution in [0.4, 0.5) is 0 Å². The quantitative estimate of drug-likeness (QED) is 0.828. The Kier molecular flexibility index (Phi) is 3.84. The van der Waals surface area contributed by atoms with Crippen LogP contribution in [0, 0.1) is 6.92 Å². The summed E-state index contributed by atoms with van der Waals surface area (Å²) in [6, 6.07) is 0. The number of rotatable bonds is 3. The fourth-order valence-corrected chi connectivity index (χ4v) is 2.20. The molecule has 8 heteroatoms. The fraction of sp³-hybridized carbons (Fsp3) is 0.333. The molecule has 0 aliphatic carbocycles. The summed E-state index contributed by atoms with van der Waals surface area (Å²) in [6.45, 7) is 5.11. The normalized spacial score (nSPS) is 11.2. The molecule has 0 aliphatic rings. The van der Waals surface area contributed by atoms with Crippen molar-refractivity contribution in [1.82, 2.24) is 20.2 Å². The predicted octanol–water partition coefficient (Wildman–Crippen LogP) is 1.18. The largest absolute Gasteiger partial charge is 0.448 e. The third-order valence-corrected chi connectivity index (χ3v) is 3.56. The number of hydrogen-bond acceptors (Lipinski definition) is 6. The minimum atomic E-state index is -0.793. The van der Waals surface area contributed by atoms with E-state index in [-0.39, 0.29) is 11.6 Å². The van der Waals surface area contributed by atoms with E-state index in [0.29, 0.717) is 5.76 Å². The molecule has 2 rings (SSSR count). The third-order valence-electron chi connectivity index (χ3n) is 2.97. The van der Waals surface area contributed by atoms with Crippen LogP contribution < -0.4 is 10.9 Å². The Labute approximate surface area is 119 Å². The lowest BCUT2D eigenvalue weighted by molar-refractivity contribution is -0.126. The Morgan fingerprint density at radius 1 is 1.35 bits per heavy atom. The molecule has 0 atom stereocenters. The number of nitrogens with zero attached hydrogens (tertiary/aromatic N) is 2. The summed E-state index contributed by atoms with van der Waals surface area (Å²) in [5.74, 6) is -0.478. The molecule has 20 heavy (non-hydrogen) atoms. The highest BCUT2D eigenvalue weighted by Crippen LogP contribution is 2.23. The summed E-state index contributed by atoms with van der Waals surface area (Å²) in [6.07, 6.45) is 2.81. The Hall–Kier alpha value is -2.22. The summed E-state index contributed by atoms with van der Waals surface area (Å²) in [5, 5.41) is 1.79. The SMILES string of the molecule is Cc1ocnc1C(=O)NNC(=O)C(C)(C)c1cnsc1. The van der Waals surface area contributed by atoms with Crippen LogP contribution in [0.3, 0.4) is 0 Å². The monoisotopic (exact) mass is 294 g/mol. The zero-order chi connectivity index (χ0) is 14.8. The smallest absolute Gasteiger partial charge is 0.291 e. The molecule has 0 spiro atoms. The van der Waals surface area contributed by atoms with Gasteiger partial charge < -0.3 is 4.42 Å². The average Bonchev–Trinajstić information content (AvgIpc) is 3.06. The molecule has 0 fully saturated rings. The lowest BCUT2D eigenvalue weighted by Gasteiger charge is -2.22. The van der Waals surface area contributed by atoms with Crippen molar-refractivity contribution in [2.75, 3.05) is 0 Å². The van der Waals surface area contributed by atoms with E-state index in [1.165, 1.54) is 17.9 Å². The minimum absolute atomic E-state index is 0.139. The molecule has 0 saturated carbocycles. The first-order chi connectivity index (χ1) is 9.43. The van der Waals surface area contributed by atoms with Gasteiger partial charge in [0.25, 0.3) is 5.91 Å². The molecule has 0 unspecified atom stereocenters. The molecule has 2 aromatic heterocycles. The number of hydrazine groups is 1. The van der Waals surface area contributed by atoms with Gasteiger partial charge in [0.05, 0.1) is 5.41 Å². The van der Waals surface area contributed by atoms with Gasteiger partial charge in [0.2, 0.25) is 5.91 Å². The van der Waals surface area contributed by atoms with Crippen molar-refractivity contribution in [3.8, 4) is 0 Å². The van der Waals surface area contributed by atoms with Crippen LogP contribution in [-0.4, -0.2) is 21.2 Å². The molecule has 2 N–H and O–H groups in total. The number of amides is 2. The zero-order valence-corrected chi connectivity index (χ0v) is 12.1. The Bertz CT molecular complexity index is 618. The van der Waals surface area contributed by atoms with Gasteiger partial charge in [-0.2, -0.15) is 0 Å². The van der Waals surface area contributed by atoms with Crippen molar-refractivity contribution in [3.05, 3.63) is 35.0 Å². The second kappa shape index (κ2) is 5.41. The van der Waals surface area contributed by atoms with Crippen molar-refractivity contribution in [2.45, 2.75) is 26.2 Å². The lowest BCUT2D eigenvalue weighted by atomic mass is 9.86. The van der Waals surface area contributed by atoms with Gasteiger partial charge in [-0.25, -0.2) is 9.36 Å². The summed E-state index contributed by atoms with van der Waals surface area (Å²) < 4.78 is 8.90. The molecule has 0 aromatic carbocycles. The molecule has 2 aromatic rings. The van der Waals surface area contributed by atoms with Crippen LogP contribution in [-0.2, 0) is 10.2 Å². The number of nitrogens with one attached hydrogen (secondary N) is 2. The second-order valence-corrected chi connectivity index (χ2v) is 5.36. The predicted molar refractivity (Wildman–Crippen MR) is 72.0 cm³/mol. The first kappa shape index (κ1) is 14.2. The molecule has 0 aliphatic heterocycles. The molecule has 0 saturated heterocycles. The second-order valence-electron chi connectivity index (χ2n) is 4.70. The highest BCUT2D eigenvalue weighted by atomic mass is 32.1. The number of carbonyl (C=O) groups excluding carboxylic acids is 2. The van der Waals surface area contributed by atoms with Crippen LogP contribution in [0.15, 0.2) is 22.4 Å². The van der Waals surface area contributed by atoms with Gasteiger partial charge in [-0.3, -0.25) is 20.4 Å². The summed E-state index contributed by atoms with van der Waals surface area (Å²) in [5.41, 5.74) is 4.83. The maximum Gasteiger partial charge on any atom is 0.291 e. The first-order valence-electron chi connectivity index (χ1n) is 5.83. The fourth-order valence-electron chi connectivity index (χ4n) is 1.50. The van der Waals surface area contributed by atoms with E-state index in [9.17, 15) is 9.59 Å². The van der Waals surface area contributed by atoms with E-state index in [1.807, 2.05) is 0 Å². The van der Waals surface area contributed by atoms with E-state index >= 15 is 0 Å². The molecule has 106 valence electrons. The van der Waals surface area contributed by atoms with E-state index in [2.05, 4.69) is 20.2 Å². The maximum absolute atomic E-state index is 12.1. The number of hydrogen-bond donors (Lipinski definition) is 2. The number of aryl methyl sites for hydroxylation is 1. The van der Waals surface area contributed by atoms with E-state index in [4.69, 9.17) is 4.42 Å². The van der Waals surface area contributed by atoms with E-state index in [1.54, 1.807) is 32.3 Å². The standard InChI is InChI=1S/C12H14N4O3S/c1-7-9(13-6-19-7)10(17)15-16-11(18)12(2,3)8-4-14-20-5-8/h4-6H,1-3H3,(H,15,17)(H,16,18). The molecular formula is C12H14N4O3S. The van der Waals surface area contributed by atoms with Gasteiger partial charge in [0.1, 0.15) is 5.76 Å². The minimum Gasteiger partial charge on any atom is -0.448 e. The summed E-state index contributed by atoms with van der Waals surface area (Å²) in [4.78, 5) is 27.7. The molecule has 2 heterocycles. The topological polar surface area (TPSA) is 97.1 Å². The van der Waals surface area contributed by atoms with Crippen LogP contribution in [0.2, 0.25) is 0 Å². The molecule has 7 nitrogen and oxygen atoms in total. The highest BCUT2D eigenvalue weighted by Gasteiger charge is 2.31. The van der Waals surface area contributed by atoms with Gasteiger partial charge in [0.15, 0.2) is 12.1 Å². The number of oxazole rings is 1. The Morgan fingerprint density at radius 3 is 2.65 bits per heavy atom. The van der Waals surface area contributed by atoms with Crippen LogP contribution >= 0.6 is 11.5 Å². The van der Waals surface area contributed by atoms with Gasteiger partial charge in [-0.05, 0) is 37.9 Å². The van der Waals surface area contributed by atoms with Gasteiger partial charge in [-0.1, -0.05) is 0 Å². The summed E-state index contributed by atoms with van der Waals surface area (Å²) >= 11 is 1.27. The van der Waals surface area contributed by atoms with Crippen molar-refractivity contribution in [2.24, 2.45) is 0 Å². The van der Waals surface area contributed by atoms with Crippen LogP contribution in [0.5, 0.6) is 0 Å². The molecule has 2 amide bonds. The highest BCUT2D eigenvalue weighted by molar-refractivity contribution is 7.03. The Balaban J connectivity index is 1.99. The zero-order valence-electron chi connectivity index (χ0n) is 11.3. The van der Waals surface area contributed by atoms with Crippen molar-refractivity contribution in [1.29, 1.82) is 0 Å². The maximum atomic E-state index is 12.1. The number of carbonyl (C=O) groups is 2.